The summed E-state index contributed by atoms with van der Waals surface area (Å²) in [7, 11) is 0. The number of aliphatic hydroxyl groups excluding tert-OH is 1. The van der Waals surface area contributed by atoms with Crippen LogP contribution < -0.4 is 11.5 Å². The third kappa shape index (κ3) is 1.21. The fourth-order valence-corrected chi connectivity index (χ4v) is 1.28. The SMILES string of the molecule is Nc1ccsc1C(N)O. The van der Waals surface area contributed by atoms with E-state index in [-0.39, 0.29) is 0 Å². The van der Waals surface area contributed by atoms with Crippen LogP contribution >= 0.6 is 11.3 Å². The van der Waals surface area contributed by atoms with Crippen LogP contribution in [0.5, 0.6) is 0 Å². The van der Waals surface area contributed by atoms with Crippen LogP contribution in [-0.2, 0) is 0 Å². The summed E-state index contributed by atoms with van der Waals surface area (Å²) in [5.74, 6) is 0. The van der Waals surface area contributed by atoms with Gasteiger partial charge < -0.3 is 16.6 Å². The molecule has 0 bridgehead atoms. The molecule has 0 aromatic carbocycles. The van der Waals surface area contributed by atoms with Crippen LogP contribution in [0.4, 0.5) is 5.69 Å². The second kappa shape index (κ2) is 2.34. The zero-order chi connectivity index (χ0) is 6.85. The summed E-state index contributed by atoms with van der Waals surface area (Å²) in [4.78, 5) is 0.634. The minimum Gasteiger partial charge on any atom is -0.398 e. The van der Waals surface area contributed by atoms with Crippen molar-refractivity contribution in [1.29, 1.82) is 0 Å². The molecule has 1 rings (SSSR count). The van der Waals surface area contributed by atoms with Crippen molar-refractivity contribution >= 4 is 17.0 Å². The fourth-order valence-electron chi connectivity index (χ4n) is 0.571. The van der Waals surface area contributed by atoms with Crippen molar-refractivity contribution in [3.63, 3.8) is 0 Å². The number of hydrogen-bond donors (Lipinski definition) is 3. The lowest BCUT2D eigenvalue weighted by molar-refractivity contribution is 0.191. The third-order valence-corrected chi connectivity index (χ3v) is 2.00. The van der Waals surface area contributed by atoms with Crippen molar-refractivity contribution in [3.05, 3.63) is 16.3 Å². The van der Waals surface area contributed by atoms with Crippen molar-refractivity contribution < 1.29 is 5.11 Å². The summed E-state index contributed by atoms with van der Waals surface area (Å²) >= 11 is 1.36. The van der Waals surface area contributed by atoms with E-state index in [0.717, 1.165) is 0 Å². The van der Waals surface area contributed by atoms with E-state index >= 15 is 0 Å². The highest BCUT2D eigenvalue weighted by Crippen LogP contribution is 2.22. The topological polar surface area (TPSA) is 72.3 Å². The zero-order valence-corrected chi connectivity index (χ0v) is 5.56. The van der Waals surface area contributed by atoms with E-state index in [9.17, 15) is 0 Å². The van der Waals surface area contributed by atoms with Crippen LogP contribution in [0.15, 0.2) is 11.4 Å². The molecule has 4 heteroatoms. The lowest BCUT2D eigenvalue weighted by Gasteiger charge is -1.99. The van der Waals surface area contributed by atoms with Gasteiger partial charge in [0.05, 0.1) is 4.88 Å². The van der Waals surface area contributed by atoms with Crippen LogP contribution in [0.1, 0.15) is 11.1 Å². The van der Waals surface area contributed by atoms with E-state index < -0.39 is 6.23 Å². The zero-order valence-electron chi connectivity index (χ0n) is 4.74. The smallest absolute Gasteiger partial charge is 0.139 e. The maximum Gasteiger partial charge on any atom is 0.139 e. The van der Waals surface area contributed by atoms with Gasteiger partial charge in [-0.3, -0.25) is 0 Å². The van der Waals surface area contributed by atoms with E-state index in [2.05, 4.69) is 0 Å². The number of hydrogen-bond acceptors (Lipinski definition) is 4. The van der Waals surface area contributed by atoms with Crippen LogP contribution in [-0.4, -0.2) is 5.11 Å². The highest BCUT2D eigenvalue weighted by atomic mass is 32.1. The summed E-state index contributed by atoms with van der Waals surface area (Å²) in [5.41, 5.74) is 11.1. The first-order valence-corrected chi connectivity index (χ1v) is 3.36. The second-order valence-corrected chi connectivity index (χ2v) is 2.63. The highest BCUT2D eigenvalue weighted by Gasteiger charge is 2.05. The van der Waals surface area contributed by atoms with Crippen molar-refractivity contribution in [2.24, 2.45) is 5.73 Å². The van der Waals surface area contributed by atoms with Gasteiger partial charge in [0.15, 0.2) is 0 Å². The Kier molecular flexibility index (Phi) is 1.70. The summed E-state index contributed by atoms with van der Waals surface area (Å²) < 4.78 is 0. The van der Waals surface area contributed by atoms with Gasteiger partial charge in [-0.1, -0.05) is 0 Å². The van der Waals surface area contributed by atoms with Crippen molar-refractivity contribution in [1.82, 2.24) is 0 Å². The number of thiophene rings is 1. The van der Waals surface area contributed by atoms with Crippen molar-refractivity contribution in [2.45, 2.75) is 6.23 Å². The van der Waals surface area contributed by atoms with Gasteiger partial charge in [0.25, 0.3) is 0 Å². The van der Waals surface area contributed by atoms with E-state index in [1.54, 1.807) is 11.4 Å². The summed E-state index contributed by atoms with van der Waals surface area (Å²) in [5, 5.41) is 10.6. The van der Waals surface area contributed by atoms with Gasteiger partial charge in [-0.25, -0.2) is 0 Å². The summed E-state index contributed by atoms with van der Waals surface area (Å²) in [6.07, 6.45) is -0.926. The molecule has 1 atom stereocenters. The number of anilines is 1. The van der Waals surface area contributed by atoms with Crippen LogP contribution in [0.25, 0.3) is 0 Å². The van der Waals surface area contributed by atoms with Gasteiger partial charge >= 0.3 is 0 Å². The average molecular weight is 144 g/mol. The Morgan fingerprint density at radius 1 is 1.67 bits per heavy atom. The molecule has 0 aliphatic carbocycles. The van der Waals surface area contributed by atoms with Gasteiger partial charge in [-0.05, 0) is 11.4 Å². The van der Waals surface area contributed by atoms with Crippen LogP contribution in [0, 0.1) is 0 Å². The number of rotatable bonds is 1. The number of aliphatic hydroxyl groups is 1. The number of nitrogens with two attached hydrogens (primary N) is 2. The first-order chi connectivity index (χ1) is 4.22. The van der Waals surface area contributed by atoms with Gasteiger partial charge in [0, 0.05) is 5.69 Å². The van der Waals surface area contributed by atoms with Gasteiger partial charge in [-0.15, -0.1) is 11.3 Å². The molecule has 3 nitrogen and oxygen atoms in total. The minimum absolute atomic E-state index is 0.565. The highest BCUT2D eigenvalue weighted by molar-refractivity contribution is 7.10. The van der Waals surface area contributed by atoms with Crippen LogP contribution in [0.2, 0.25) is 0 Å². The maximum atomic E-state index is 8.80. The molecule has 0 spiro atoms. The van der Waals surface area contributed by atoms with Gasteiger partial charge in [-0.2, -0.15) is 0 Å². The molecule has 0 fully saturated rings. The Bertz CT molecular complexity index is 197. The Morgan fingerprint density at radius 2 is 2.33 bits per heavy atom. The normalized spacial score (nSPS) is 13.6. The maximum absolute atomic E-state index is 8.80. The second-order valence-electron chi connectivity index (χ2n) is 1.69. The fraction of sp³-hybridized carbons (Fsp3) is 0.200. The first kappa shape index (κ1) is 6.54. The quantitative estimate of drug-likeness (QED) is 0.496. The molecule has 1 aromatic heterocycles. The van der Waals surface area contributed by atoms with Crippen molar-refractivity contribution in [3.8, 4) is 0 Å². The third-order valence-electron chi connectivity index (χ3n) is 0.996. The molecular weight excluding hydrogens is 136 g/mol. The molecule has 9 heavy (non-hydrogen) atoms. The van der Waals surface area contributed by atoms with E-state index in [1.807, 2.05) is 0 Å². The Labute approximate surface area is 56.9 Å². The largest absolute Gasteiger partial charge is 0.398 e. The molecule has 0 amide bonds. The summed E-state index contributed by atoms with van der Waals surface area (Å²) in [6, 6.07) is 1.72. The Morgan fingerprint density at radius 3 is 2.56 bits per heavy atom. The first-order valence-electron chi connectivity index (χ1n) is 2.48. The summed E-state index contributed by atoms with van der Waals surface area (Å²) in [6.45, 7) is 0. The van der Waals surface area contributed by atoms with E-state index in [4.69, 9.17) is 16.6 Å². The Balaban J connectivity index is 2.94. The monoisotopic (exact) mass is 144 g/mol. The van der Waals surface area contributed by atoms with E-state index in [1.165, 1.54) is 11.3 Å². The van der Waals surface area contributed by atoms with Gasteiger partial charge in [0.2, 0.25) is 0 Å². The van der Waals surface area contributed by atoms with Crippen LogP contribution in [0.3, 0.4) is 0 Å². The molecule has 1 heterocycles. The van der Waals surface area contributed by atoms with Crippen molar-refractivity contribution in [2.75, 3.05) is 5.73 Å². The molecule has 0 aliphatic rings. The Hall–Kier alpha value is -0.580. The predicted octanol–water partition coefficient (Wildman–Crippen LogP) is 0.280. The molecule has 50 valence electrons. The average Bonchev–Trinajstić information content (AvgIpc) is 2.13. The standard InChI is InChI=1S/C5H8N2OS/c6-3-1-2-9-4(3)5(7)8/h1-2,5,8H,6-7H2. The predicted molar refractivity (Wildman–Crippen MR) is 37.9 cm³/mol. The molecule has 1 unspecified atom stereocenters. The van der Waals surface area contributed by atoms with E-state index in [0.29, 0.717) is 10.6 Å². The lowest BCUT2D eigenvalue weighted by Crippen LogP contribution is -2.08. The van der Waals surface area contributed by atoms with Gasteiger partial charge in [0.1, 0.15) is 6.23 Å². The molecule has 5 N–H and O–H groups in total. The molecule has 0 aliphatic heterocycles. The number of nitrogen functional groups attached to an aromatic ring is 1. The molecule has 0 saturated heterocycles. The molecular formula is C5H8N2OS. The minimum atomic E-state index is -0.926. The molecule has 0 radical (unpaired) electrons. The molecule has 0 saturated carbocycles. The lowest BCUT2D eigenvalue weighted by atomic mass is 10.4. The molecule has 1 aromatic rings.